The molecule has 54 valence electrons. The molecule has 1 rings (SSSR count). The Morgan fingerprint density at radius 1 is 1.11 bits per heavy atom. The Kier molecular flexibility index (Phi) is 1.58. The predicted molar refractivity (Wildman–Crippen MR) is 41.3 cm³/mol. The fourth-order valence-electron chi connectivity index (χ4n) is 1.46. The highest BCUT2D eigenvalue weighted by atomic mass is 14.5. The molecular formula is C9H18. The second kappa shape index (κ2) is 2.00. The molecule has 1 unspecified atom stereocenters. The fourth-order valence-corrected chi connectivity index (χ4v) is 1.46. The summed E-state index contributed by atoms with van der Waals surface area (Å²) in [5.74, 6) is 1.80. The van der Waals surface area contributed by atoms with Crippen molar-refractivity contribution in [1.82, 2.24) is 0 Å². The molecule has 1 fully saturated rings. The predicted octanol–water partition coefficient (Wildman–Crippen LogP) is 3.08. The van der Waals surface area contributed by atoms with Gasteiger partial charge in [-0.25, -0.2) is 0 Å². The Morgan fingerprint density at radius 3 is 1.67 bits per heavy atom. The van der Waals surface area contributed by atoms with Gasteiger partial charge in [-0.3, -0.25) is 0 Å². The van der Waals surface area contributed by atoms with Gasteiger partial charge in [0.05, 0.1) is 0 Å². The van der Waals surface area contributed by atoms with E-state index in [1.165, 1.54) is 12.8 Å². The lowest BCUT2D eigenvalue weighted by atomic mass is 9.84. The summed E-state index contributed by atoms with van der Waals surface area (Å²) in [6.45, 7) is 9.46. The van der Waals surface area contributed by atoms with Gasteiger partial charge in [-0.1, -0.05) is 27.7 Å². The van der Waals surface area contributed by atoms with E-state index < -0.39 is 0 Å². The maximum Gasteiger partial charge on any atom is -0.0297 e. The van der Waals surface area contributed by atoms with Gasteiger partial charge >= 0.3 is 0 Å². The summed E-state index contributed by atoms with van der Waals surface area (Å²) >= 11 is 0. The van der Waals surface area contributed by atoms with E-state index in [0.717, 1.165) is 17.3 Å². The van der Waals surface area contributed by atoms with E-state index in [4.69, 9.17) is 0 Å². The molecule has 1 aliphatic carbocycles. The van der Waals surface area contributed by atoms with Crippen LogP contribution in [-0.4, -0.2) is 0 Å². The van der Waals surface area contributed by atoms with Gasteiger partial charge in [0, 0.05) is 0 Å². The van der Waals surface area contributed by atoms with Crippen molar-refractivity contribution in [1.29, 1.82) is 0 Å². The van der Waals surface area contributed by atoms with Crippen molar-refractivity contribution >= 4 is 0 Å². The minimum absolute atomic E-state index is 0.730. The van der Waals surface area contributed by atoms with E-state index in [1.54, 1.807) is 0 Å². The normalized spacial score (nSPS) is 26.3. The van der Waals surface area contributed by atoms with Crippen molar-refractivity contribution in [2.24, 2.45) is 17.3 Å². The van der Waals surface area contributed by atoms with Gasteiger partial charge in [0.1, 0.15) is 0 Å². The Balaban J connectivity index is 2.42. The third-order valence-corrected chi connectivity index (χ3v) is 3.14. The minimum Gasteiger partial charge on any atom is -0.0625 e. The van der Waals surface area contributed by atoms with Gasteiger partial charge in [0.25, 0.3) is 0 Å². The standard InChI is InChI=1S/C9H18/c1-7(2)8(3)9(4)5-6-9/h7-8H,5-6H2,1-4H3. The largest absolute Gasteiger partial charge is 0.0625 e. The molecule has 1 aliphatic rings. The van der Waals surface area contributed by atoms with Crippen LogP contribution < -0.4 is 0 Å². The second-order valence-corrected chi connectivity index (χ2v) is 4.19. The van der Waals surface area contributed by atoms with Crippen LogP contribution in [0.25, 0.3) is 0 Å². The maximum atomic E-state index is 2.41. The Hall–Kier alpha value is 0. The molecule has 0 saturated heterocycles. The van der Waals surface area contributed by atoms with E-state index in [-0.39, 0.29) is 0 Å². The monoisotopic (exact) mass is 126 g/mol. The molecule has 0 aromatic heterocycles. The molecule has 0 heterocycles. The Labute approximate surface area is 58.7 Å². The highest BCUT2D eigenvalue weighted by molar-refractivity contribution is 4.93. The second-order valence-electron chi connectivity index (χ2n) is 4.19. The van der Waals surface area contributed by atoms with Crippen molar-refractivity contribution in [3.05, 3.63) is 0 Å². The highest BCUT2D eigenvalue weighted by Crippen LogP contribution is 2.53. The van der Waals surface area contributed by atoms with E-state index in [0.29, 0.717) is 0 Å². The Morgan fingerprint density at radius 2 is 1.56 bits per heavy atom. The van der Waals surface area contributed by atoms with Crippen molar-refractivity contribution < 1.29 is 0 Å². The number of hydrogen-bond acceptors (Lipinski definition) is 0. The molecule has 0 spiro atoms. The third kappa shape index (κ3) is 1.28. The number of rotatable bonds is 2. The van der Waals surface area contributed by atoms with Crippen molar-refractivity contribution in [2.45, 2.75) is 40.5 Å². The molecule has 1 saturated carbocycles. The third-order valence-electron chi connectivity index (χ3n) is 3.14. The average Bonchev–Trinajstić information content (AvgIpc) is 2.47. The smallest absolute Gasteiger partial charge is 0.0297 e. The lowest BCUT2D eigenvalue weighted by Gasteiger charge is -2.22. The molecule has 0 aliphatic heterocycles. The van der Waals surface area contributed by atoms with Crippen LogP contribution in [0.15, 0.2) is 0 Å². The summed E-state index contributed by atoms with van der Waals surface area (Å²) in [5.41, 5.74) is 0.730. The van der Waals surface area contributed by atoms with E-state index >= 15 is 0 Å². The first-order valence-corrected chi connectivity index (χ1v) is 4.06. The van der Waals surface area contributed by atoms with E-state index in [9.17, 15) is 0 Å². The molecule has 0 bridgehead atoms. The summed E-state index contributed by atoms with van der Waals surface area (Å²) in [6.07, 6.45) is 2.93. The summed E-state index contributed by atoms with van der Waals surface area (Å²) in [7, 11) is 0. The fraction of sp³-hybridized carbons (Fsp3) is 1.00. The maximum absolute atomic E-state index is 2.41. The van der Waals surface area contributed by atoms with Crippen LogP contribution >= 0.6 is 0 Å². The van der Waals surface area contributed by atoms with E-state index in [2.05, 4.69) is 27.7 Å². The van der Waals surface area contributed by atoms with Crippen LogP contribution in [0.1, 0.15) is 40.5 Å². The molecule has 9 heavy (non-hydrogen) atoms. The summed E-state index contributed by atoms with van der Waals surface area (Å²) in [5, 5.41) is 0. The minimum atomic E-state index is 0.730. The Bertz CT molecular complexity index is 98.6. The molecule has 0 aromatic rings. The summed E-state index contributed by atoms with van der Waals surface area (Å²) in [4.78, 5) is 0. The summed E-state index contributed by atoms with van der Waals surface area (Å²) in [6, 6.07) is 0. The van der Waals surface area contributed by atoms with Crippen LogP contribution in [0.5, 0.6) is 0 Å². The number of hydrogen-bond donors (Lipinski definition) is 0. The molecule has 0 amide bonds. The topological polar surface area (TPSA) is 0 Å². The first-order chi connectivity index (χ1) is 4.06. The van der Waals surface area contributed by atoms with Gasteiger partial charge in [-0.2, -0.15) is 0 Å². The lowest BCUT2D eigenvalue weighted by Crippen LogP contribution is -2.14. The van der Waals surface area contributed by atoms with Crippen LogP contribution in [0.4, 0.5) is 0 Å². The molecule has 0 N–H and O–H groups in total. The van der Waals surface area contributed by atoms with Gasteiger partial charge in [-0.15, -0.1) is 0 Å². The summed E-state index contributed by atoms with van der Waals surface area (Å²) < 4.78 is 0. The average molecular weight is 126 g/mol. The van der Waals surface area contributed by atoms with E-state index in [1.807, 2.05) is 0 Å². The molecule has 0 heteroatoms. The molecule has 1 atom stereocenters. The molecule has 0 aromatic carbocycles. The van der Waals surface area contributed by atoms with Gasteiger partial charge in [0.15, 0.2) is 0 Å². The molecule has 0 radical (unpaired) electrons. The van der Waals surface area contributed by atoms with Crippen LogP contribution in [0.2, 0.25) is 0 Å². The van der Waals surface area contributed by atoms with Crippen LogP contribution in [-0.2, 0) is 0 Å². The lowest BCUT2D eigenvalue weighted by molar-refractivity contribution is 0.276. The first-order valence-electron chi connectivity index (χ1n) is 4.06. The van der Waals surface area contributed by atoms with Crippen molar-refractivity contribution in [3.63, 3.8) is 0 Å². The van der Waals surface area contributed by atoms with Crippen LogP contribution in [0, 0.1) is 17.3 Å². The zero-order valence-corrected chi connectivity index (χ0v) is 7.07. The zero-order valence-electron chi connectivity index (χ0n) is 7.07. The van der Waals surface area contributed by atoms with Crippen molar-refractivity contribution in [3.8, 4) is 0 Å². The van der Waals surface area contributed by atoms with Gasteiger partial charge in [0.2, 0.25) is 0 Å². The van der Waals surface area contributed by atoms with Crippen LogP contribution in [0.3, 0.4) is 0 Å². The molecular weight excluding hydrogens is 108 g/mol. The zero-order chi connectivity index (χ0) is 7.07. The van der Waals surface area contributed by atoms with Gasteiger partial charge in [-0.05, 0) is 30.1 Å². The molecule has 0 nitrogen and oxygen atoms in total. The highest BCUT2D eigenvalue weighted by Gasteiger charge is 2.43. The van der Waals surface area contributed by atoms with Gasteiger partial charge < -0.3 is 0 Å². The quantitative estimate of drug-likeness (QED) is 0.533. The SMILES string of the molecule is CC(C)C(C)C1(C)CC1. The van der Waals surface area contributed by atoms with Crippen molar-refractivity contribution in [2.75, 3.05) is 0 Å². The first kappa shape index (κ1) is 7.11.